The van der Waals surface area contributed by atoms with Gasteiger partial charge in [0.1, 0.15) is 11.5 Å². The van der Waals surface area contributed by atoms with Crippen molar-refractivity contribution in [3.05, 3.63) is 59.7 Å². The van der Waals surface area contributed by atoms with Crippen LogP contribution < -0.4 is 33.5 Å². The van der Waals surface area contributed by atoms with E-state index >= 15 is 0 Å². The molecule has 0 bridgehead atoms. The number of nitrogens with zero attached hydrogens (tertiary/aromatic N) is 1. The van der Waals surface area contributed by atoms with Gasteiger partial charge in [0.2, 0.25) is 0 Å². The smallest absolute Gasteiger partial charge is 0.122 e. The number of hydrogen-bond acceptors (Lipinski definition) is 2. The Hall–Kier alpha value is -1.27. The normalized spacial score (nSPS) is 11.6. The fraction of sp³-hybridized carbons (Fsp3) is 0.500. The number of rotatable bonds is 9. The Balaban J connectivity index is 0.00000392. The molecule has 0 aliphatic carbocycles. The Morgan fingerprint density at radius 1 is 0.750 bits per heavy atom. The van der Waals surface area contributed by atoms with Crippen LogP contribution in [0.15, 0.2) is 48.5 Å². The fourth-order valence-electron chi connectivity index (χ4n) is 3.91. The lowest BCUT2D eigenvalue weighted by molar-refractivity contribution is -0.949. The SMILES string of the molecule is COc1ccccc1C(CC[N+](C)(C(C)C)C(C)C)c1ccccc1OC.[I-]. The number of methoxy groups -OCH3 is 2. The number of benzene rings is 2. The predicted octanol–water partition coefficient (Wildman–Crippen LogP) is 2.49. The second-order valence-corrected chi connectivity index (χ2v) is 8.08. The molecule has 28 heavy (non-hydrogen) atoms. The van der Waals surface area contributed by atoms with Gasteiger partial charge in [0.05, 0.1) is 39.9 Å². The molecule has 0 aliphatic heterocycles. The molecule has 2 rings (SSSR count). The van der Waals surface area contributed by atoms with E-state index < -0.39 is 0 Å². The molecule has 0 aromatic heterocycles. The minimum Gasteiger partial charge on any atom is -1.00 e. The van der Waals surface area contributed by atoms with Gasteiger partial charge in [0.15, 0.2) is 0 Å². The Morgan fingerprint density at radius 3 is 1.50 bits per heavy atom. The molecular weight excluding hydrogens is 461 g/mol. The van der Waals surface area contributed by atoms with Gasteiger partial charge >= 0.3 is 0 Å². The van der Waals surface area contributed by atoms with Gasteiger partial charge in [0.25, 0.3) is 0 Å². The first-order chi connectivity index (χ1) is 12.8. The van der Waals surface area contributed by atoms with Gasteiger partial charge in [-0.3, -0.25) is 0 Å². The van der Waals surface area contributed by atoms with E-state index in [1.807, 2.05) is 12.1 Å². The minimum atomic E-state index is 0. The summed E-state index contributed by atoms with van der Waals surface area (Å²) in [6.07, 6.45) is 1.04. The van der Waals surface area contributed by atoms with Gasteiger partial charge in [-0.25, -0.2) is 0 Å². The third kappa shape index (κ3) is 5.41. The summed E-state index contributed by atoms with van der Waals surface area (Å²) in [5.74, 6) is 2.11. The summed E-state index contributed by atoms with van der Waals surface area (Å²) in [7, 11) is 5.87. The van der Waals surface area contributed by atoms with Gasteiger partial charge in [-0.1, -0.05) is 36.4 Å². The van der Waals surface area contributed by atoms with E-state index in [9.17, 15) is 0 Å². The summed E-state index contributed by atoms with van der Waals surface area (Å²) in [5.41, 5.74) is 2.45. The van der Waals surface area contributed by atoms with Crippen molar-refractivity contribution in [3.8, 4) is 11.5 Å². The van der Waals surface area contributed by atoms with Crippen molar-refractivity contribution in [1.29, 1.82) is 0 Å². The van der Waals surface area contributed by atoms with Crippen LogP contribution >= 0.6 is 0 Å². The Kier molecular flexibility index (Phi) is 9.78. The monoisotopic (exact) mass is 497 g/mol. The van der Waals surface area contributed by atoms with Crippen molar-refractivity contribution in [2.75, 3.05) is 27.8 Å². The highest BCUT2D eigenvalue weighted by molar-refractivity contribution is 5.47. The lowest BCUT2D eigenvalue weighted by Crippen LogP contribution is -3.00. The van der Waals surface area contributed by atoms with Crippen LogP contribution in [0.2, 0.25) is 0 Å². The first kappa shape index (κ1) is 24.8. The largest absolute Gasteiger partial charge is 1.00 e. The summed E-state index contributed by atoms with van der Waals surface area (Å²) in [6, 6.07) is 17.9. The highest BCUT2D eigenvalue weighted by atomic mass is 127. The number of halogens is 1. The highest BCUT2D eigenvalue weighted by Gasteiger charge is 2.32. The van der Waals surface area contributed by atoms with Crippen LogP contribution in [-0.2, 0) is 0 Å². The van der Waals surface area contributed by atoms with Crippen molar-refractivity contribution < 1.29 is 37.9 Å². The Bertz CT molecular complexity index is 675. The molecule has 0 amide bonds. The van der Waals surface area contributed by atoms with Crippen LogP contribution in [0.5, 0.6) is 11.5 Å². The molecule has 0 saturated carbocycles. The molecule has 2 aromatic carbocycles. The zero-order valence-electron chi connectivity index (χ0n) is 18.4. The summed E-state index contributed by atoms with van der Waals surface area (Å²) in [5, 5.41) is 0. The van der Waals surface area contributed by atoms with Crippen LogP contribution in [0, 0.1) is 0 Å². The zero-order valence-corrected chi connectivity index (χ0v) is 20.6. The first-order valence-corrected chi connectivity index (χ1v) is 9.95. The molecule has 156 valence electrons. The van der Waals surface area contributed by atoms with E-state index in [1.165, 1.54) is 11.1 Å². The van der Waals surface area contributed by atoms with Gasteiger partial charge in [-0.05, 0) is 39.8 Å². The van der Waals surface area contributed by atoms with Crippen LogP contribution in [0.25, 0.3) is 0 Å². The van der Waals surface area contributed by atoms with E-state index in [1.54, 1.807) is 14.2 Å². The van der Waals surface area contributed by atoms with Crippen molar-refractivity contribution >= 4 is 0 Å². The summed E-state index contributed by atoms with van der Waals surface area (Å²) in [6.45, 7) is 10.4. The van der Waals surface area contributed by atoms with Crippen LogP contribution in [-0.4, -0.2) is 44.4 Å². The molecule has 0 N–H and O–H groups in total. The lowest BCUT2D eigenvalue weighted by atomic mass is 9.86. The van der Waals surface area contributed by atoms with Crippen molar-refractivity contribution in [2.45, 2.75) is 52.1 Å². The Morgan fingerprint density at radius 2 is 1.14 bits per heavy atom. The molecule has 0 atom stereocenters. The summed E-state index contributed by atoms with van der Waals surface area (Å²) in [4.78, 5) is 0. The van der Waals surface area contributed by atoms with Crippen LogP contribution in [0.3, 0.4) is 0 Å². The molecular formula is C24H36INO2. The molecule has 2 aromatic rings. The number of hydrogen-bond donors (Lipinski definition) is 0. The first-order valence-electron chi connectivity index (χ1n) is 9.95. The average Bonchev–Trinajstić information content (AvgIpc) is 2.68. The molecule has 0 heterocycles. The fourth-order valence-corrected chi connectivity index (χ4v) is 3.91. The standard InChI is InChI=1S/C24H36NO2.HI/c1-18(2)25(5,19(3)4)17-16-20(21-12-8-10-14-23(21)26-6)22-13-9-11-15-24(22)27-7;/h8-15,18-20H,16-17H2,1-7H3;1H/q+1;/p-1. The average molecular weight is 497 g/mol. The van der Waals surface area contributed by atoms with Crippen molar-refractivity contribution in [2.24, 2.45) is 0 Å². The molecule has 0 radical (unpaired) electrons. The zero-order chi connectivity index (χ0) is 20.0. The molecule has 4 heteroatoms. The second-order valence-electron chi connectivity index (χ2n) is 8.08. The second kappa shape index (κ2) is 11.1. The molecule has 0 aliphatic rings. The highest BCUT2D eigenvalue weighted by Crippen LogP contribution is 2.39. The lowest BCUT2D eigenvalue weighted by Gasteiger charge is -2.43. The third-order valence-corrected chi connectivity index (χ3v) is 6.29. The van der Waals surface area contributed by atoms with Gasteiger partial charge < -0.3 is 37.9 Å². The molecule has 0 fully saturated rings. The van der Waals surface area contributed by atoms with Crippen molar-refractivity contribution in [3.63, 3.8) is 0 Å². The number of para-hydroxylation sites is 2. The van der Waals surface area contributed by atoms with E-state index in [0.29, 0.717) is 12.1 Å². The number of quaternary nitrogens is 1. The maximum atomic E-state index is 5.70. The molecule has 0 saturated heterocycles. The quantitative estimate of drug-likeness (QED) is 0.392. The van der Waals surface area contributed by atoms with E-state index in [4.69, 9.17) is 9.47 Å². The van der Waals surface area contributed by atoms with E-state index in [0.717, 1.165) is 28.9 Å². The predicted molar refractivity (Wildman–Crippen MR) is 114 cm³/mol. The summed E-state index contributed by atoms with van der Waals surface area (Å²) >= 11 is 0. The molecule has 3 nitrogen and oxygen atoms in total. The van der Waals surface area contributed by atoms with Gasteiger partial charge in [-0.2, -0.15) is 0 Å². The number of ether oxygens (including phenoxy) is 2. The third-order valence-electron chi connectivity index (χ3n) is 6.29. The van der Waals surface area contributed by atoms with E-state index in [2.05, 4.69) is 71.1 Å². The van der Waals surface area contributed by atoms with Gasteiger partial charge in [-0.15, -0.1) is 0 Å². The maximum Gasteiger partial charge on any atom is 0.122 e. The Labute approximate surface area is 188 Å². The molecule has 0 unspecified atom stereocenters. The maximum absolute atomic E-state index is 5.70. The minimum absolute atomic E-state index is 0. The van der Waals surface area contributed by atoms with Crippen LogP contribution in [0.4, 0.5) is 0 Å². The van der Waals surface area contributed by atoms with Crippen molar-refractivity contribution in [1.82, 2.24) is 0 Å². The topological polar surface area (TPSA) is 18.5 Å². The van der Waals surface area contributed by atoms with Gasteiger partial charge in [0, 0.05) is 23.5 Å². The summed E-state index contributed by atoms with van der Waals surface area (Å²) < 4.78 is 12.4. The van der Waals surface area contributed by atoms with E-state index in [-0.39, 0.29) is 29.9 Å². The molecule has 0 spiro atoms. The van der Waals surface area contributed by atoms with Crippen LogP contribution in [0.1, 0.15) is 51.2 Å².